The van der Waals surface area contributed by atoms with Crippen LogP contribution in [0.2, 0.25) is 0 Å². The zero-order valence-corrected chi connectivity index (χ0v) is 12.7. The summed E-state index contributed by atoms with van der Waals surface area (Å²) in [5.41, 5.74) is 4.59. The molecular formula is C19H22O2. The minimum atomic E-state index is -0.492. The molecule has 0 heterocycles. The molecule has 1 N–H and O–H groups in total. The number of aliphatic hydroxyl groups is 1. The lowest BCUT2D eigenvalue weighted by atomic mass is 9.96. The van der Waals surface area contributed by atoms with Gasteiger partial charge in [-0.05, 0) is 55.5 Å². The van der Waals surface area contributed by atoms with Crippen molar-refractivity contribution in [3.05, 3.63) is 64.7 Å². The Kier molecular flexibility index (Phi) is 3.98. The van der Waals surface area contributed by atoms with Crippen molar-refractivity contribution >= 4 is 0 Å². The smallest absolute Gasteiger partial charge is 0.120 e. The van der Waals surface area contributed by atoms with Gasteiger partial charge in [0.15, 0.2) is 0 Å². The third-order valence-electron chi connectivity index (χ3n) is 3.99. The van der Waals surface area contributed by atoms with Gasteiger partial charge in [0.05, 0.1) is 12.2 Å². The van der Waals surface area contributed by atoms with E-state index in [0.717, 1.165) is 24.2 Å². The fourth-order valence-corrected chi connectivity index (χ4v) is 2.52. The van der Waals surface area contributed by atoms with E-state index in [9.17, 15) is 5.11 Å². The van der Waals surface area contributed by atoms with E-state index in [2.05, 4.69) is 32.0 Å². The van der Waals surface area contributed by atoms with E-state index >= 15 is 0 Å². The number of aliphatic hydroxyl groups excluding tert-OH is 1. The Hall–Kier alpha value is -1.80. The van der Waals surface area contributed by atoms with Crippen molar-refractivity contribution in [3.63, 3.8) is 0 Å². The van der Waals surface area contributed by atoms with Crippen LogP contribution in [0.15, 0.2) is 42.5 Å². The van der Waals surface area contributed by atoms with E-state index in [-0.39, 0.29) is 0 Å². The Morgan fingerprint density at radius 2 is 1.95 bits per heavy atom. The SMILES string of the molecule is Cc1ccc(C)c(CC(O)c2cccc(OC3CC3)c2)c1. The standard InChI is InChI=1S/C19H22O2/c1-13-6-7-14(2)16(10-13)12-19(20)15-4-3-5-18(11-15)21-17-8-9-17/h3-7,10-11,17,19-20H,8-9,12H2,1-2H3. The molecule has 2 nitrogen and oxygen atoms in total. The molecule has 1 aliphatic rings. The van der Waals surface area contributed by atoms with E-state index in [1.54, 1.807) is 0 Å². The van der Waals surface area contributed by atoms with Crippen molar-refractivity contribution in [2.75, 3.05) is 0 Å². The maximum atomic E-state index is 10.5. The lowest BCUT2D eigenvalue weighted by Crippen LogP contribution is -2.04. The zero-order chi connectivity index (χ0) is 14.8. The number of hydrogen-bond acceptors (Lipinski definition) is 2. The van der Waals surface area contributed by atoms with Crippen molar-refractivity contribution in [3.8, 4) is 5.75 Å². The van der Waals surface area contributed by atoms with E-state index < -0.39 is 6.10 Å². The fourth-order valence-electron chi connectivity index (χ4n) is 2.52. The molecule has 1 atom stereocenters. The van der Waals surface area contributed by atoms with Gasteiger partial charge >= 0.3 is 0 Å². The molecule has 2 aromatic rings. The number of ether oxygens (including phenoxy) is 1. The van der Waals surface area contributed by atoms with Crippen LogP contribution in [0.1, 0.15) is 41.2 Å². The summed E-state index contributed by atoms with van der Waals surface area (Å²) in [6, 6.07) is 14.2. The molecular weight excluding hydrogens is 260 g/mol. The highest BCUT2D eigenvalue weighted by molar-refractivity contribution is 5.34. The molecule has 0 saturated heterocycles. The molecule has 3 rings (SSSR count). The van der Waals surface area contributed by atoms with Crippen LogP contribution in [0.4, 0.5) is 0 Å². The van der Waals surface area contributed by atoms with Crippen molar-refractivity contribution in [2.45, 2.75) is 45.3 Å². The van der Waals surface area contributed by atoms with Crippen LogP contribution in [-0.4, -0.2) is 11.2 Å². The molecule has 21 heavy (non-hydrogen) atoms. The Morgan fingerprint density at radius 3 is 2.71 bits per heavy atom. The van der Waals surface area contributed by atoms with E-state index in [0.29, 0.717) is 12.5 Å². The van der Waals surface area contributed by atoms with Crippen LogP contribution < -0.4 is 4.74 Å². The number of benzene rings is 2. The Labute approximate surface area is 126 Å². The normalized spacial score (nSPS) is 15.8. The Bertz CT molecular complexity index is 629. The topological polar surface area (TPSA) is 29.5 Å². The second kappa shape index (κ2) is 5.90. The van der Waals surface area contributed by atoms with Gasteiger partial charge in [0, 0.05) is 6.42 Å². The fraction of sp³-hybridized carbons (Fsp3) is 0.368. The van der Waals surface area contributed by atoms with Gasteiger partial charge in [-0.2, -0.15) is 0 Å². The molecule has 2 aromatic carbocycles. The summed E-state index contributed by atoms with van der Waals surface area (Å²) in [6.07, 6.45) is 2.83. The molecule has 0 aliphatic heterocycles. The maximum absolute atomic E-state index is 10.5. The summed E-state index contributed by atoms with van der Waals surface area (Å²) >= 11 is 0. The molecule has 0 bridgehead atoms. The first-order chi connectivity index (χ1) is 10.1. The summed E-state index contributed by atoms with van der Waals surface area (Å²) in [4.78, 5) is 0. The van der Waals surface area contributed by atoms with Crippen LogP contribution >= 0.6 is 0 Å². The second-order valence-corrected chi connectivity index (χ2v) is 6.04. The number of hydrogen-bond donors (Lipinski definition) is 1. The molecule has 1 fully saturated rings. The Balaban J connectivity index is 1.74. The lowest BCUT2D eigenvalue weighted by Gasteiger charge is -2.15. The second-order valence-electron chi connectivity index (χ2n) is 6.04. The maximum Gasteiger partial charge on any atom is 0.120 e. The molecule has 1 aliphatic carbocycles. The van der Waals surface area contributed by atoms with E-state index in [1.165, 1.54) is 16.7 Å². The van der Waals surface area contributed by atoms with Gasteiger partial charge in [-0.25, -0.2) is 0 Å². The minimum Gasteiger partial charge on any atom is -0.490 e. The summed E-state index contributed by atoms with van der Waals surface area (Å²) in [5, 5.41) is 10.5. The van der Waals surface area contributed by atoms with Gasteiger partial charge in [-0.15, -0.1) is 0 Å². The molecule has 1 saturated carbocycles. The average molecular weight is 282 g/mol. The first-order valence-electron chi connectivity index (χ1n) is 7.62. The first kappa shape index (κ1) is 14.2. The summed E-state index contributed by atoms with van der Waals surface area (Å²) in [6.45, 7) is 4.17. The molecule has 1 unspecified atom stereocenters. The van der Waals surface area contributed by atoms with Crippen LogP contribution in [-0.2, 0) is 6.42 Å². The predicted octanol–water partition coefficient (Wildman–Crippen LogP) is 4.12. The first-order valence-corrected chi connectivity index (χ1v) is 7.62. The highest BCUT2D eigenvalue weighted by Gasteiger charge is 2.23. The van der Waals surface area contributed by atoms with Crippen LogP contribution in [0.5, 0.6) is 5.75 Å². The summed E-state index contributed by atoms with van der Waals surface area (Å²) in [5.74, 6) is 0.870. The molecule has 110 valence electrons. The highest BCUT2D eigenvalue weighted by atomic mass is 16.5. The van der Waals surface area contributed by atoms with Crippen molar-refractivity contribution < 1.29 is 9.84 Å². The van der Waals surface area contributed by atoms with Crippen molar-refractivity contribution in [1.29, 1.82) is 0 Å². The monoisotopic (exact) mass is 282 g/mol. The van der Waals surface area contributed by atoms with E-state index in [4.69, 9.17) is 4.74 Å². The summed E-state index contributed by atoms with van der Waals surface area (Å²) in [7, 11) is 0. The molecule has 2 heteroatoms. The molecule has 0 radical (unpaired) electrons. The molecule has 0 aromatic heterocycles. The van der Waals surface area contributed by atoms with Gasteiger partial charge in [-0.3, -0.25) is 0 Å². The van der Waals surface area contributed by atoms with Crippen molar-refractivity contribution in [1.82, 2.24) is 0 Å². The highest BCUT2D eigenvalue weighted by Crippen LogP contribution is 2.29. The molecule has 0 amide bonds. The van der Waals surface area contributed by atoms with Gasteiger partial charge < -0.3 is 9.84 Å². The lowest BCUT2D eigenvalue weighted by molar-refractivity contribution is 0.177. The van der Waals surface area contributed by atoms with Crippen LogP contribution in [0.25, 0.3) is 0 Å². The predicted molar refractivity (Wildman–Crippen MR) is 84.7 cm³/mol. The third kappa shape index (κ3) is 3.64. The Morgan fingerprint density at radius 1 is 1.14 bits per heavy atom. The quantitative estimate of drug-likeness (QED) is 0.894. The third-order valence-corrected chi connectivity index (χ3v) is 3.99. The zero-order valence-electron chi connectivity index (χ0n) is 12.7. The average Bonchev–Trinajstić information content (AvgIpc) is 3.27. The molecule has 0 spiro atoms. The van der Waals surface area contributed by atoms with Crippen LogP contribution in [0, 0.1) is 13.8 Å². The number of aryl methyl sites for hydroxylation is 2. The van der Waals surface area contributed by atoms with Crippen LogP contribution in [0.3, 0.4) is 0 Å². The van der Waals surface area contributed by atoms with Gasteiger partial charge in [0.2, 0.25) is 0 Å². The van der Waals surface area contributed by atoms with Gasteiger partial charge in [0.25, 0.3) is 0 Å². The minimum absolute atomic E-state index is 0.386. The van der Waals surface area contributed by atoms with Crippen molar-refractivity contribution in [2.24, 2.45) is 0 Å². The van der Waals surface area contributed by atoms with Gasteiger partial charge in [0.1, 0.15) is 5.75 Å². The van der Waals surface area contributed by atoms with E-state index in [1.807, 2.05) is 24.3 Å². The largest absolute Gasteiger partial charge is 0.490 e. The summed E-state index contributed by atoms with van der Waals surface area (Å²) < 4.78 is 5.80. The van der Waals surface area contributed by atoms with Gasteiger partial charge in [-0.1, -0.05) is 35.9 Å². The number of rotatable bonds is 5.